The van der Waals surface area contributed by atoms with Crippen LogP contribution in [0.4, 0.5) is 0 Å². The minimum absolute atomic E-state index is 0.111. The average molecular weight is 310 g/mol. The number of aliphatic hydroxyl groups excluding tert-OH is 1. The lowest BCUT2D eigenvalue weighted by molar-refractivity contribution is 0.0640. The van der Waals surface area contributed by atoms with Crippen LogP contribution in [0.3, 0.4) is 0 Å². The molecule has 6 nitrogen and oxygen atoms in total. The minimum Gasteiger partial charge on any atom is -0.391 e. The first-order chi connectivity index (χ1) is 11.1. The summed E-state index contributed by atoms with van der Waals surface area (Å²) in [5.74, 6) is -0.111. The highest BCUT2D eigenvalue weighted by molar-refractivity contribution is 5.94. The normalized spacial score (nSPS) is 20.5. The molecule has 1 aromatic heterocycles. The minimum atomic E-state index is -0.530. The van der Waals surface area contributed by atoms with Gasteiger partial charge in [0.2, 0.25) is 0 Å². The van der Waals surface area contributed by atoms with Crippen molar-refractivity contribution in [1.29, 1.82) is 5.26 Å². The van der Waals surface area contributed by atoms with Crippen LogP contribution in [-0.2, 0) is 13.5 Å². The quantitative estimate of drug-likeness (QED) is 0.920. The molecule has 118 valence electrons. The van der Waals surface area contributed by atoms with Crippen molar-refractivity contribution < 1.29 is 9.90 Å². The van der Waals surface area contributed by atoms with Crippen LogP contribution >= 0.6 is 0 Å². The molecule has 2 aromatic rings. The van der Waals surface area contributed by atoms with E-state index in [9.17, 15) is 9.90 Å². The van der Waals surface area contributed by atoms with Crippen LogP contribution in [0, 0.1) is 11.3 Å². The Bertz CT molecular complexity index is 745. The molecule has 1 fully saturated rings. The van der Waals surface area contributed by atoms with E-state index in [1.807, 2.05) is 19.3 Å². The highest BCUT2D eigenvalue weighted by Crippen LogP contribution is 2.24. The predicted molar refractivity (Wildman–Crippen MR) is 83.5 cm³/mol. The molecule has 1 aliphatic rings. The van der Waals surface area contributed by atoms with Gasteiger partial charge in [0.05, 0.1) is 30.0 Å². The standard InChI is InChI=1S/C17H18N4O2/c1-20-11-13(10-19-20)8-15-16(22)6-7-21(15)17(23)14-4-2-12(9-18)3-5-14/h2-5,10-11,15-16,22H,6-8H2,1H3/t15-,16+/m0/s1. The van der Waals surface area contributed by atoms with E-state index in [1.54, 1.807) is 40.0 Å². The molecule has 0 bridgehead atoms. The van der Waals surface area contributed by atoms with E-state index < -0.39 is 6.10 Å². The molecular weight excluding hydrogens is 292 g/mol. The molecule has 2 heterocycles. The van der Waals surface area contributed by atoms with Crippen LogP contribution < -0.4 is 0 Å². The number of hydrogen-bond acceptors (Lipinski definition) is 4. The van der Waals surface area contributed by atoms with Crippen LogP contribution in [0.5, 0.6) is 0 Å². The van der Waals surface area contributed by atoms with E-state index >= 15 is 0 Å². The number of likely N-dealkylation sites (tertiary alicyclic amines) is 1. The lowest BCUT2D eigenvalue weighted by Crippen LogP contribution is -2.41. The summed E-state index contributed by atoms with van der Waals surface area (Å²) in [5, 5.41) is 23.2. The molecule has 0 aliphatic carbocycles. The van der Waals surface area contributed by atoms with Crippen LogP contribution in [0.15, 0.2) is 36.7 Å². The number of aromatic nitrogens is 2. The first-order valence-corrected chi connectivity index (χ1v) is 7.55. The van der Waals surface area contributed by atoms with Crippen molar-refractivity contribution in [2.24, 2.45) is 7.05 Å². The fourth-order valence-corrected chi connectivity index (χ4v) is 3.01. The van der Waals surface area contributed by atoms with Gasteiger partial charge >= 0.3 is 0 Å². The zero-order valence-corrected chi connectivity index (χ0v) is 12.9. The number of hydrogen-bond donors (Lipinski definition) is 1. The lowest BCUT2D eigenvalue weighted by atomic mass is 10.0. The Labute approximate surface area is 134 Å². The molecule has 1 aliphatic heterocycles. The van der Waals surface area contributed by atoms with Gasteiger partial charge in [-0.25, -0.2) is 0 Å². The van der Waals surface area contributed by atoms with Crippen molar-refractivity contribution in [3.05, 3.63) is 53.3 Å². The lowest BCUT2D eigenvalue weighted by Gasteiger charge is -2.26. The van der Waals surface area contributed by atoms with Gasteiger partial charge < -0.3 is 10.0 Å². The van der Waals surface area contributed by atoms with Crippen molar-refractivity contribution in [3.63, 3.8) is 0 Å². The second kappa shape index (κ2) is 6.23. The molecule has 1 aromatic carbocycles. The number of nitriles is 1. The Hall–Kier alpha value is -2.65. The van der Waals surface area contributed by atoms with Gasteiger partial charge in [-0.05, 0) is 42.7 Å². The number of carbonyl (C=O) groups excluding carboxylic acids is 1. The maximum absolute atomic E-state index is 12.7. The Kier molecular flexibility index (Phi) is 4.13. The molecule has 3 rings (SSSR count). The van der Waals surface area contributed by atoms with E-state index in [4.69, 9.17) is 5.26 Å². The summed E-state index contributed by atoms with van der Waals surface area (Å²) in [5.41, 5.74) is 2.06. The number of rotatable bonds is 3. The van der Waals surface area contributed by atoms with E-state index in [1.165, 1.54) is 0 Å². The summed E-state index contributed by atoms with van der Waals surface area (Å²) in [7, 11) is 1.84. The van der Waals surface area contributed by atoms with Gasteiger partial charge in [0, 0.05) is 25.4 Å². The van der Waals surface area contributed by atoms with Crippen LogP contribution in [0.25, 0.3) is 0 Å². The van der Waals surface area contributed by atoms with Crippen molar-refractivity contribution >= 4 is 5.91 Å². The van der Waals surface area contributed by atoms with Gasteiger partial charge in [-0.15, -0.1) is 0 Å². The molecule has 0 unspecified atom stereocenters. The van der Waals surface area contributed by atoms with Gasteiger partial charge in [0.1, 0.15) is 0 Å². The number of aliphatic hydroxyl groups is 1. The van der Waals surface area contributed by atoms with Crippen molar-refractivity contribution in [2.45, 2.75) is 25.0 Å². The van der Waals surface area contributed by atoms with Gasteiger partial charge in [0.15, 0.2) is 0 Å². The zero-order valence-electron chi connectivity index (χ0n) is 12.9. The molecule has 0 spiro atoms. The topological polar surface area (TPSA) is 82.1 Å². The van der Waals surface area contributed by atoms with Crippen molar-refractivity contribution in [2.75, 3.05) is 6.54 Å². The summed E-state index contributed by atoms with van der Waals surface area (Å²) >= 11 is 0. The van der Waals surface area contributed by atoms with Crippen LogP contribution in [-0.4, -0.2) is 44.4 Å². The fourth-order valence-electron chi connectivity index (χ4n) is 3.01. The third-order valence-electron chi connectivity index (χ3n) is 4.24. The molecular formula is C17H18N4O2. The third-order valence-corrected chi connectivity index (χ3v) is 4.24. The zero-order chi connectivity index (χ0) is 16.4. The second-order valence-corrected chi connectivity index (χ2v) is 5.84. The van der Waals surface area contributed by atoms with Gasteiger partial charge in [-0.3, -0.25) is 9.48 Å². The number of nitrogens with zero attached hydrogens (tertiary/aromatic N) is 4. The van der Waals surface area contributed by atoms with Crippen molar-refractivity contribution in [3.8, 4) is 6.07 Å². The summed E-state index contributed by atoms with van der Waals surface area (Å²) in [6.07, 6.45) is 4.28. The smallest absolute Gasteiger partial charge is 0.254 e. The largest absolute Gasteiger partial charge is 0.391 e. The maximum Gasteiger partial charge on any atom is 0.254 e. The van der Waals surface area contributed by atoms with E-state index in [0.29, 0.717) is 30.5 Å². The van der Waals surface area contributed by atoms with E-state index in [0.717, 1.165) is 5.56 Å². The summed E-state index contributed by atoms with van der Waals surface area (Å²) in [4.78, 5) is 14.4. The number of aryl methyl sites for hydroxylation is 1. The molecule has 23 heavy (non-hydrogen) atoms. The third kappa shape index (κ3) is 3.10. The molecule has 0 radical (unpaired) electrons. The highest BCUT2D eigenvalue weighted by Gasteiger charge is 2.36. The molecule has 0 saturated carbocycles. The van der Waals surface area contributed by atoms with Gasteiger partial charge in [0.25, 0.3) is 5.91 Å². The monoisotopic (exact) mass is 310 g/mol. The second-order valence-electron chi connectivity index (χ2n) is 5.84. The first-order valence-electron chi connectivity index (χ1n) is 7.55. The molecule has 1 amide bonds. The van der Waals surface area contributed by atoms with Crippen LogP contribution in [0.1, 0.15) is 27.9 Å². The Morgan fingerprint density at radius 1 is 1.43 bits per heavy atom. The average Bonchev–Trinajstić information content (AvgIpc) is 3.14. The summed E-state index contributed by atoms with van der Waals surface area (Å²) in [6.45, 7) is 0.533. The molecule has 6 heteroatoms. The van der Waals surface area contributed by atoms with Crippen molar-refractivity contribution in [1.82, 2.24) is 14.7 Å². The van der Waals surface area contributed by atoms with Gasteiger partial charge in [-0.2, -0.15) is 10.4 Å². The Balaban J connectivity index is 1.79. The summed E-state index contributed by atoms with van der Waals surface area (Å²) < 4.78 is 1.71. The SMILES string of the molecule is Cn1cc(C[C@H]2[C@H](O)CCN2C(=O)c2ccc(C#N)cc2)cn1. The number of benzene rings is 1. The molecule has 1 N–H and O–H groups in total. The number of carbonyl (C=O) groups is 1. The van der Waals surface area contributed by atoms with Gasteiger partial charge in [-0.1, -0.05) is 0 Å². The molecule has 2 atom stereocenters. The Morgan fingerprint density at radius 3 is 2.78 bits per heavy atom. The summed E-state index contributed by atoms with van der Waals surface area (Å²) in [6, 6.07) is 8.38. The number of amides is 1. The maximum atomic E-state index is 12.7. The Morgan fingerprint density at radius 2 is 2.17 bits per heavy atom. The van der Waals surface area contributed by atoms with E-state index in [2.05, 4.69) is 5.10 Å². The molecule has 1 saturated heterocycles. The fraction of sp³-hybridized carbons (Fsp3) is 0.353. The predicted octanol–water partition coefficient (Wildman–Crippen LogP) is 1.11. The van der Waals surface area contributed by atoms with Crippen LogP contribution in [0.2, 0.25) is 0 Å². The van der Waals surface area contributed by atoms with E-state index in [-0.39, 0.29) is 11.9 Å². The first kappa shape index (κ1) is 15.3. The highest BCUT2D eigenvalue weighted by atomic mass is 16.3.